The van der Waals surface area contributed by atoms with E-state index in [0.717, 1.165) is 22.5 Å². The molecule has 2 aromatic rings. The zero-order valence-corrected chi connectivity index (χ0v) is 19.1. The topological polar surface area (TPSA) is 86.8 Å². The summed E-state index contributed by atoms with van der Waals surface area (Å²) < 4.78 is 26.0. The number of carbonyl (C=O) groups is 2. The first-order valence-electron chi connectivity index (χ1n) is 10.4. The van der Waals surface area contributed by atoms with Gasteiger partial charge in [-0.25, -0.2) is 8.42 Å². The number of sulfonamides is 1. The van der Waals surface area contributed by atoms with Gasteiger partial charge in [0.15, 0.2) is 0 Å². The van der Waals surface area contributed by atoms with Crippen molar-refractivity contribution in [2.24, 2.45) is 0 Å². The molecule has 0 aliphatic carbocycles. The molecule has 2 amide bonds. The molecule has 1 unspecified atom stereocenters. The van der Waals surface area contributed by atoms with E-state index in [4.69, 9.17) is 0 Å². The Morgan fingerprint density at radius 2 is 1.55 bits per heavy atom. The molecule has 1 N–H and O–H groups in total. The average Bonchev–Trinajstić information content (AvgIpc) is 2.76. The Bertz CT molecular complexity index is 949. The van der Waals surface area contributed by atoms with Crippen LogP contribution in [-0.2, 0) is 26.2 Å². The Balaban J connectivity index is 2.36. The van der Waals surface area contributed by atoms with Crippen LogP contribution in [0.3, 0.4) is 0 Å². The Labute approximate surface area is 185 Å². The molecule has 2 aromatic carbocycles. The molecule has 2 rings (SSSR count). The van der Waals surface area contributed by atoms with Gasteiger partial charge in [-0.1, -0.05) is 62.4 Å². The van der Waals surface area contributed by atoms with Crippen molar-refractivity contribution in [1.82, 2.24) is 10.2 Å². The van der Waals surface area contributed by atoms with Crippen molar-refractivity contribution in [3.05, 3.63) is 66.2 Å². The van der Waals surface area contributed by atoms with Crippen LogP contribution in [0.25, 0.3) is 0 Å². The van der Waals surface area contributed by atoms with Crippen molar-refractivity contribution in [3.8, 4) is 0 Å². The van der Waals surface area contributed by atoms with Crippen LogP contribution in [0.5, 0.6) is 0 Å². The molecular formula is C23H31N3O4S. The number of para-hydroxylation sites is 1. The molecule has 0 bridgehead atoms. The largest absolute Gasteiger partial charge is 0.354 e. The maximum atomic E-state index is 13.4. The highest BCUT2D eigenvalue weighted by molar-refractivity contribution is 7.92. The van der Waals surface area contributed by atoms with Gasteiger partial charge in [0.1, 0.15) is 12.6 Å². The predicted octanol–water partition coefficient (Wildman–Crippen LogP) is 2.79. The molecule has 0 spiro atoms. The number of benzene rings is 2. The number of nitrogens with one attached hydrogen (secondary N) is 1. The molecule has 0 fully saturated rings. The Morgan fingerprint density at radius 1 is 0.968 bits per heavy atom. The third-order valence-corrected chi connectivity index (χ3v) is 5.99. The summed E-state index contributed by atoms with van der Waals surface area (Å²) in [6.07, 6.45) is 2.27. The molecule has 0 radical (unpaired) electrons. The van der Waals surface area contributed by atoms with Gasteiger partial charge in [0.05, 0.1) is 11.9 Å². The lowest BCUT2D eigenvalue weighted by Crippen LogP contribution is -2.52. The molecular weight excluding hydrogens is 414 g/mol. The van der Waals surface area contributed by atoms with Gasteiger partial charge in [-0.3, -0.25) is 13.9 Å². The second kappa shape index (κ2) is 11.5. The van der Waals surface area contributed by atoms with Crippen LogP contribution in [0, 0.1) is 0 Å². The minimum Gasteiger partial charge on any atom is -0.354 e. The van der Waals surface area contributed by atoms with Gasteiger partial charge in [-0.05, 0) is 30.5 Å². The first-order chi connectivity index (χ1) is 14.8. The van der Waals surface area contributed by atoms with E-state index in [0.29, 0.717) is 18.7 Å². The summed E-state index contributed by atoms with van der Waals surface area (Å²) in [5.74, 6) is -0.670. The molecule has 168 valence electrons. The van der Waals surface area contributed by atoms with Crippen molar-refractivity contribution >= 4 is 27.5 Å². The average molecular weight is 446 g/mol. The lowest BCUT2D eigenvalue weighted by atomic mass is 10.1. The third-order valence-electron chi connectivity index (χ3n) is 4.85. The standard InChI is InChI=1S/C23H31N3O4S/c1-4-16-24-23(28)21(5-2)25(17-19-12-8-6-9-13-19)22(27)18-26(31(3,29)30)20-14-10-7-11-15-20/h6-15,21H,4-5,16-18H2,1-3H3,(H,24,28). The number of hydrogen-bond acceptors (Lipinski definition) is 4. The predicted molar refractivity (Wildman–Crippen MR) is 123 cm³/mol. The lowest BCUT2D eigenvalue weighted by molar-refractivity contribution is -0.140. The van der Waals surface area contributed by atoms with E-state index >= 15 is 0 Å². The van der Waals surface area contributed by atoms with Gasteiger partial charge in [0, 0.05) is 13.1 Å². The van der Waals surface area contributed by atoms with E-state index in [1.165, 1.54) is 4.90 Å². The molecule has 0 aliphatic heterocycles. The fourth-order valence-corrected chi connectivity index (χ4v) is 4.12. The van der Waals surface area contributed by atoms with Gasteiger partial charge in [0.25, 0.3) is 0 Å². The van der Waals surface area contributed by atoms with E-state index in [-0.39, 0.29) is 19.0 Å². The van der Waals surface area contributed by atoms with Crippen LogP contribution in [0.2, 0.25) is 0 Å². The normalized spacial score (nSPS) is 12.1. The van der Waals surface area contributed by atoms with E-state index < -0.39 is 22.0 Å². The number of carbonyl (C=O) groups excluding carboxylic acids is 2. The maximum absolute atomic E-state index is 13.4. The molecule has 1 atom stereocenters. The smallest absolute Gasteiger partial charge is 0.244 e. The minimum absolute atomic E-state index is 0.212. The van der Waals surface area contributed by atoms with Gasteiger partial charge < -0.3 is 10.2 Å². The first-order valence-corrected chi connectivity index (χ1v) is 12.3. The van der Waals surface area contributed by atoms with Crippen LogP contribution >= 0.6 is 0 Å². The molecule has 8 heteroatoms. The third kappa shape index (κ3) is 7.10. The summed E-state index contributed by atoms with van der Waals surface area (Å²) in [5.41, 5.74) is 1.27. The van der Waals surface area contributed by atoms with Crippen LogP contribution in [0.15, 0.2) is 60.7 Å². The quantitative estimate of drug-likeness (QED) is 0.576. The fourth-order valence-electron chi connectivity index (χ4n) is 3.27. The summed E-state index contributed by atoms with van der Waals surface area (Å²) in [7, 11) is -3.70. The van der Waals surface area contributed by atoms with Gasteiger partial charge in [-0.15, -0.1) is 0 Å². The molecule has 0 heterocycles. The highest BCUT2D eigenvalue weighted by atomic mass is 32.2. The summed E-state index contributed by atoms with van der Waals surface area (Å²) in [6, 6.07) is 17.1. The van der Waals surface area contributed by atoms with E-state index in [9.17, 15) is 18.0 Å². The zero-order chi connectivity index (χ0) is 22.9. The Kier molecular flexibility index (Phi) is 9.05. The van der Waals surface area contributed by atoms with Gasteiger partial charge in [-0.2, -0.15) is 0 Å². The summed E-state index contributed by atoms with van der Waals surface area (Å²) in [5, 5.41) is 2.86. The number of rotatable bonds is 11. The van der Waals surface area contributed by atoms with Crippen molar-refractivity contribution in [3.63, 3.8) is 0 Å². The number of amides is 2. The fraction of sp³-hybridized carbons (Fsp3) is 0.391. The number of anilines is 1. The molecule has 0 aromatic heterocycles. The van der Waals surface area contributed by atoms with Crippen LogP contribution in [-0.4, -0.2) is 50.5 Å². The van der Waals surface area contributed by atoms with Crippen LogP contribution in [0.4, 0.5) is 5.69 Å². The van der Waals surface area contributed by atoms with Crippen molar-refractivity contribution < 1.29 is 18.0 Å². The monoisotopic (exact) mass is 445 g/mol. The second-order valence-electron chi connectivity index (χ2n) is 7.33. The Morgan fingerprint density at radius 3 is 2.06 bits per heavy atom. The van der Waals surface area contributed by atoms with Crippen molar-refractivity contribution in [2.45, 2.75) is 39.3 Å². The lowest BCUT2D eigenvalue weighted by Gasteiger charge is -2.32. The van der Waals surface area contributed by atoms with E-state index in [2.05, 4.69) is 5.32 Å². The van der Waals surface area contributed by atoms with Crippen molar-refractivity contribution in [2.75, 3.05) is 23.7 Å². The molecule has 31 heavy (non-hydrogen) atoms. The number of hydrogen-bond donors (Lipinski definition) is 1. The molecule has 7 nitrogen and oxygen atoms in total. The van der Waals surface area contributed by atoms with Gasteiger partial charge >= 0.3 is 0 Å². The second-order valence-corrected chi connectivity index (χ2v) is 9.23. The highest BCUT2D eigenvalue weighted by Gasteiger charge is 2.31. The maximum Gasteiger partial charge on any atom is 0.244 e. The van der Waals surface area contributed by atoms with E-state index in [1.807, 2.05) is 44.2 Å². The van der Waals surface area contributed by atoms with Crippen LogP contribution in [0.1, 0.15) is 32.3 Å². The zero-order valence-electron chi connectivity index (χ0n) is 18.3. The van der Waals surface area contributed by atoms with Crippen LogP contribution < -0.4 is 9.62 Å². The highest BCUT2D eigenvalue weighted by Crippen LogP contribution is 2.19. The van der Waals surface area contributed by atoms with Gasteiger partial charge in [0.2, 0.25) is 21.8 Å². The SMILES string of the molecule is CCCNC(=O)C(CC)N(Cc1ccccc1)C(=O)CN(c1ccccc1)S(C)(=O)=O. The summed E-state index contributed by atoms with van der Waals surface area (Å²) in [6.45, 7) is 4.14. The molecule has 0 aliphatic rings. The first kappa shape index (κ1) is 24.4. The molecule has 0 saturated heterocycles. The summed E-state index contributed by atoms with van der Waals surface area (Å²) in [4.78, 5) is 27.7. The Hall–Kier alpha value is -2.87. The molecule has 0 saturated carbocycles. The minimum atomic E-state index is -3.70. The number of nitrogens with zero attached hydrogens (tertiary/aromatic N) is 2. The van der Waals surface area contributed by atoms with E-state index in [1.54, 1.807) is 30.3 Å². The summed E-state index contributed by atoms with van der Waals surface area (Å²) >= 11 is 0. The van der Waals surface area contributed by atoms with Crippen molar-refractivity contribution in [1.29, 1.82) is 0 Å².